The maximum Gasteiger partial charge on any atom is 0.0541 e. The first-order valence-corrected chi connectivity index (χ1v) is 20.5. The summed E-state index contributed by atoms with van der Waals surface area (Å²) in [7, 11) is 0. The smallest absolute Gasteiger partial charge is 0.0541 e. The van der Waals surface area contributed by atoms with E-state index in [2.05, 4.69) is 216 Å². The number of fused-ring (bicyclic) bond motifs is 7. The van der Waals surface area contributed by atoms with E-state index in [1.807, 2.05) is 0 Å². The summed E-state index contributed by atoms with van der Waals surface area (Å²) in [6, 6.07) is 75.6. The molecule has 0 aliphatic rings. The third-order valence-electron chi connectivity index (χ3n) is 11.0. The fourth-order valence-corrected chi connectivity index (χ4v) is 10.7. The molecule has 0 radical (unpaired) electrons. The predicted molar refractivity (Wildman–Crippen MR) is 236 cm³/mol. The first-order valence-electron chi connectivity index (χ1n) is 18.7. The van der Waals surface area contributed by atoms with Crippen LogP contribution in [0.5, 0.6) is 0 Å². The van der Waals surface area contributed by atoms with Gasteiger partial charge in [0.2, 0.25) is 0 Å². The molecule has 3 heteroatoms. The van der Waals surface area contributed by atoms with Crippen molar-refractivity contribution >= 4 is 83.4 Å². The second-order valence-corrected chi connectivity index (χ2v) is 16.5. The number of para-hydroxylation sites is 2. The van der Waals surface area contributed by atoms with Crippen LogP contribution in [0.1, 0.15) is 0 Å². The Kier molecular flexibility index (Phi) is 7.55. The van der Waals surface area contributed by atoms with Gasteiger partial charge in [0.25, 0.3) is 0 Å². The number of rotatable bonds is 6. The van der Waals surface area contributed by atoms with Crippen LogP contribution < -0.4 is 4.90 Å². The van der Waals surface area contributed by atoms with E-state index in [-0.39, 0.29) is 0 Å². The van der Waals surface area contributed by atoms with E-state index >= 15 is 0 Å². The molecule has 2 heterocycles. The van der Waals surface area contributed by atoms with Gasteiger partial charge in [0.05, 0.1) is 11.0 Å². The van der Waals surface area contributed by atoms with Gasteiger partial charge in [0, 0.05) is 16.5 Å². The minimum absolute atomic E-state index is 0.341. The van der Waals surface area contributed by atoms with E-state index in [1.165, 1.54) is 79.8 Å². The van der Waals surface area contributed by atoms with Crippen LogP contribution in [0.15, 0.2) is 206 Å². The van der Waals surface area contributed by atoms with Gasteiger partial charge in [-0.05, 0) is 35.9 Å². The number of nitrogens with zero attached hydrogens (tertiary/aromatic N) is 2. The molecule has 9 aromatic carbocycles. The SMILES string of the molecule is c1ccc(-n2c3ccccc3c3cc(-c4ccc(N(c5ccc(-c6ccc7c(c6)[se]c6ccccc67)cc5)c5ccc6ccccc6c5)cc4)ccc32)cc1. The van der Waals surface area contributed by atoms with Gasteiger partial charge >= 0.3 is 198 Å². The number of anilines is 3. The fraction of sp³-hybridized carbons (Fsp3) is 0. The second-order valence-electron chi connectivity index (χ2n) is 14.2. The van der Waals surface area contributed by atoms with Gasteiger partial charge in [-0.2, -0.15) is 0 Å². The zero-order chi connectivity index (χ0) is 36.3. The molecular weight excluding hydrogens is 732 g/mol. The largest absolute Gasteiger partial charge is 0.0602 e. The number of hydrogen-bond donors (Lipinski definition) is 0. The molecule has 0 N–H and O–H groups in total. The third-order valence-corrected chi connectivity index (χ3v) is 13.4. The van der Waals surface area contributed by atoms with Crippen molar-refractivity contribution < 1.29 is 0 Å². The van der Waals surface area contributed by atoms with Crippen molar-refractivity contribution in [2.45, 2.75) is 0 Å². The molecule has 2 nitrogen and oxygen atoms in total. The van der Waals surface area contributed by atoms with E-state index in [9.17, 15) is 0 Å². The number of hydrogen-bond acceptors (Lipinski definition) is 1. The summed E-state index contributed by atoms with van der Waals surface area (Å²) in [5.74, 6) is 0. The Morgan fingerprint density at radius 3 is 1.67 bits per heavy atom. The van der Waals surface area contributed by atoms with E-state index in [0.29, 0.717) is 14.5 Å². The van der Waals surface area contributed by atoms with Crippen molar-refractivity contribution in [1.82, 2.24) is 4.57 Å². The molecule has 0 saturated heterocycles. The average molecular weight is 766 g/mol. The zero-order valence-electron chi connectivity index (χ0n) is 29.9. The van der Waals surface area contributed by atoms with E-state index in [1.54, 1.807) is 0 Å². The van der Waals surface area contributed by atoms with Crippen LogP contribution in [-0.2, 0) is 0 Å². The molecule has 0 fully saturated rings. The molecule has 0 atom stereocenters. The monoisotopic (exact) mass is 766 g/mol. The molecule has 0 aliphatic heterocycles. The van der Waals surface area contributed by atoms with E-state index in [4.69, 9.17) is 0 Å². The molecule has 11 aromatic rings. The minimum Gasteiger partial charge on any atom is -0.0602 e. The van der Waals surface area contributed by atoms with Gasteiger partial charge < -0.3 is 4.57 Å². The summed E-state index contributed by atoms with van der Waals surface area (Å²) in [6.07, 6.45) is 0. The second kappa shape index (κ2) is 13.0. The van der Waals surface area contributed by atoms with Crippen molar-refractivity contribution in [2.24, 2.45) is 0 Å². The number of aromatic nitrogens is 1. The Bertz CT molecular complexity index is 3190. The Labute approximate surface area is 325 Å². The van der Waals surface area contributed by atoms with Crippen molar-refractivity contribution in [2.75, 3.05) is 4.90 Å². The summed E-state index contributed by atoms with van der Waals surface area (Å²) < 4.78 is 5.31. The zero-order valence-corrected chi connectivity index (χ0v) is 31.6. The van der Waals surface area contributed by atoms with Crippen molar-refractivity contribution in [3.05, 3.63) is 206 Å². The molecular formula is C52H34N2Se. The van der Waals surface area contributed by atoms with Gasteiger partial charge in [-0.1, -0.05) is 60.7 Å². The summed E-state index contributed by atoms with van der Waals surface area (Å²) in [5.41, 5.74) is 11.9. The molecule has 0 bridgehead atoms. The quantitative estimate of drug-likeness (QED) is 0.153. The van der Waals surface area contributed by atoms with Gasteiger partial charge in [0.15, 0.2) is 0 Å². The van der Waals surface area contributed by atoms with Crippen LogP contribution in [0.25, 0.3) is 79.8 Å². The Morgan fingerprint density at radius 2 is 0.891 bits per heavy atom. The summed E-state index contributed by atoms with van der Waals surface area (Å²) >= 11 is 0.341. The predicted octanol–water partition coefficient (Wildman–Crippen LogP) is 14.1. The maximum absolute atomic E-state index is 2.40. The van der Waals surface area contributed by atoms with E-state index < -0.39 is 0 Å². The van der Waals surface area contributed by atoms with Crippen LogP contribution in [0.2, 0.25) is 0 Å². The van der Waals surface area contributed by atoms with Crippen molar-refractivity contribution in [3.63, 3.8) is 0 Å². The van der Waals surface area contributed by atoms with Crippen LogP contribution in [0.3, 0.4) is 0 Å². The van der Waals surface area contributed by atoms with Gasteiger partial charge in [-0.25, -0.2) is 0 Å². The molecule has 258 valence electrons. The van der Waals surface area contributed by atoms with Crippen molar-refractivity contribution in [3.8, 4) is 27.9 Å². The van der Waals surface area contributed by atoms with Crippen LogP contribution in [0, 0.1) is 0 Å². The van der Waals surface area contributed by atoms with Gasteiger partial charge in [-0.3, -0.25) is 0 Å². The molecule has 0 aliphatic carbocycles. The Hall–Kier alpha value is -6.64. The van der Waals surface area contributed by atoms with Crippen LogP contribution in [-0.4, -0.2) is 19.1 Å². The fourth-order valence-electron chi connectivity index (χ4n) is 8.28. The first kappa shape index (κ1) is 31.8. The average Bonchev–Trinajstić information content (AvgIpc) is 3.79. The maximum atomic E-state index is 2.40. The molecule has 11 rings (SSSR count). The van der Waals surface area contributed by atoms with Crippen LogP contribution in [0.4, 0.5) is 17.1 Å². The van der Waals surface area contributed by atoms with Gasteiger partial charge in [0.1, 0.15) is 0 Å². The molecule has 2 aromatic heterocycles. The van der Waals surface area contributed by atoms with Crippen molar-refractivity contribution in [1.29, 1.82) is 0 Å². The molecule has 0 unspecified atom stereocenters. The summed E-state index contributed by atoms with van der Waals surface area (Å²) in [6.45, 7) is 0. The molecule has 0 amide bonds. The Balaban J connectivity index is 0.978. The molecule has 0 saturated carbocycles. The minimum atomic E-state index is 0.341. The van der Waals surface area contributed by atoms with Gasteiger partial charge in [-0.15, -0.1) is 0 Å². The van der Waals surface area contributed by atoms with E-state index in [0.717, 1.165) is 17.1 Å². The summed E-state index contributed by atoms with van der Waals surface area (Å²) in [4.78, 5) is 2.37. The normalized spacial score (nSPS) is 11.6. The molecule has 55 heavy (non-hydrogen) atoms. The van der Waals surface area contributed by atoms with Crippen LogP contribution >= 0.6 is 0 Å². The topological polar surface area (TPSA) is 8.17 Å². The third kappa shape index (κ3) is 5.48. The first-order chi connectivity index (χ1) is 27.2. The number of benzene rings is 9. The Morgan fingerprint density at radius 1 is 0.327 bits per heavy atom. The molecule has 0 spiro atoms. The standard InChI is InChI=1S/C52H34N2Se/c1-2-12-41(13-3-1)54-49-16-8-6-14-45(49)48-33-39(24-31-50(48)54)36-18-25-42(26-19-36)53(44-29-22-35-10-4-5-11-38(35)32-44)43-27-20-37(21-28-43)40-23-30-47-46-15-7-9-17-51(46)55-52(47)34-40/h1-34H. The summed E-state index contributed by atoms with van der Waals surface area (Å²) in [5, 5.41) is 7.77.